The maximum Gasteiger partial charge on any atom is 0.240 e. The largest absolute Gasteiger partial charge is 0.340 e. The molecule has 0 spiro atoms. The Labute approximate surface area is 93.4 Å². The van der Waals surface area contributed by atoms with E-state index in [1.807, 2.05) is 28.4 Å². The Hall–Kier alpha value is 0.130. The first kappa shape index (κ1) is 10.6. The molecule has 2 saturated heterocycles. The van der Waals surface area contributed by atoms with Crippen molar-refractivity contribution in [1.82, 2.24) is 10.2 Å². The Balaban J connectivity index is 1.88. The van der Waals surface area contributed by atoms with Gasteiger partial charge in [-0.2, -0.15) is 11.8 Å². The molecule has 0 radical (unpaired) electrons. The quantitative estimate of drug-likeness (QED) is 0.718. The van der Waals surface area contributed by atoms with E-state index in [0.29, 0.717) is 5.91 Å². The van der Waals surface area contributed by atoms with Gasteiger partial charge in [-0.15, -0.1) is 11.8 Å². The van der Waals surface area contributed by atoms with Crippen LogP contribution < -0.4 is 5.32 Å². The van der Waals surface area contributed by atoms with E-state index in [2.05, 4.69) is 5.32 Å². The third kappa shape index (κ3) is 2.58. The lowest BCUT2D eigenvalue weighted by molar-refractivity contribution is -0.132. The Morgan fingerprint density at radius 3 is 3.00 bits per heavy atom. The molecule has 2 rings (SSSR count). The molecule has 1 amide bonds. The molecule has 0 unspecified atom stereocenters. The van der Waals surface area contributed by atoms with Crippen LogP contribution in [0.15, 0.2) is 0 Å². The van der Waals surface area contributed by atoms with Crippen LogP contribution in [0.5, 0.6) is 0 Å². The molecule has 3 nitrogen and oxygen atoms in total. The Morgan fingerprint density at radius 1 is 1.29 bits per heavy atom. The van der Waals surface area contributed by atoms with E-state index in [0.717, 1.165) is 36.9 Å². The first-order valence-corrected chi connectivity index (χ1v) is 7.36. The van der Waals surface area contributed by atoms with E-state index in [1.165, 1.54) is 5.75 Å². The van der Waals surface area contributed by atoms with Crippen LogP contribution in [0.2, 0.25) is 0 Å². The average Bonchev–Trinajstić information content (AvgIpc) is 2.59. The normalized spacial score (nSPS) is 28.9. The topological polar surface area (TPSA) is 32.3 Å². The number of thioether (sulfide) groups is 2. The lowest BCUT2D eigenvalue weighted by Crippen LogP contribution is -2.45. The fourth-order valence-corrected chi connectivity index (χ4v) is 3.56. The van der Waals surface area contributed by atoms with Crippen LogP contribution in [0.4, 0.5) is 0 Å². The van der Waals surface area contributed by atoms with Crippen molar-refractivity contribution in [3.63, 3.8) is 0 Å². The first-order valence-electron chi connectivity index (χ1n) is 5.05. The van der Waals surface area contributed by atoms with Crippen LogP contribution in [0.3, 0.4) is 0 Å². The second-order valence-electron chi connectivity index (χ2n) is 3.56. The summed E-state index contributed by atoms with van der Waals surface area (Å²) in [5.74, 6) is 4.50. The van der Waals surface area contributed by atoms with E-state index in [4.69, 9.17) is 0 Å². The third-order valence-corrected chi connectivity index (χ3v) is 4.54. The molecule has 2 aliphatic heterocycles. The van der Waals surface area contributed by atoms with Crippen molar-refractivity contribution >= 4 is 29.4 Å². The highest BCUT2D eigenvalue weighted by Gasteiger charge is 2.27. The number of hydrogen-bond acceptors (Lipinski definition) is 4. The predicted octanol–water partition coefficient (Wildman–Crippen LogP) is 0.614. The molecule has 2 fully saturated rings. The summed E-state index contributed by atoms with van der Waals surface area (Å²) >= 11 is 3.78. The number of amides is 1. The lowest BCUT2D eigenvalue weighted by Gasteiger charge is -2.23. The Kier molecular flexibility index (Phi) is 4.01. The van der Waals surface area contributed by atoms with Gasteiger partial charge in [-0.1, -0.05) is 0 Å². The fraction of sp³-hybridized carbons (Fsp3) is 0.889. The smallest absolute Gasteiger partial charge is 0.240 e. The van der Waals surface area contributed by atoms with E-state index in [9.17, 15) is 4.79 Å². The third-order valence-electron chi connectivity index (χ3n) is 2.55. The highest BCUT2D eigenvalue weighted by atomic mass is 32.2. The summed E-state index contributed by atoms with van der Waals surface area (Å²) in [5, 5.41) is 3.24. The van der Waals surface area contributed by atoms with Crippen LogP contribution in [-0.4, -0.2) is 53.1 Å². The molecule has 0 saturated carbocycles. The van der Waals surface area contributed by atoms with Crippen LogP contribution in [0, 0.1) is 0 Å². The van der Waals surface area contributed by atoms with Gasteiger partial charge in [-0.25, -0.2) is 0 Å². The molecular weight excluding hydrogens is 216 g/mol. The van der Waals surface area contributed by atoms with Gasteiger partial charge < -0.3 is 4.90 Å². The van der Waals surface area contributed by atoms with Gasteiger partial charge in [0.05, 0.1) is 6.04 Å². The zero-order valence-corrected chi connectivity index (χ0v) is 9.83. The molecule has 2 aliphatic rings. The zero-order chi connectivity index (χ0) is 9.80. The minimum Gasteiger partial charge on any atom is -0.340 e. The number of hydrogen-bond donors (Lipinski definition) is 1. The maximum atomic E-state index is 12.0. The van der Waals surface area contributed by atoms with E-state index in [1.54, 1.807) is 0 Å². The van der Waals surface area contributed by atoms with Crippen molar-refractivity contribution in [3.8, 4) is 0 Å². The van der Waals surface area contributed by atoms with Crippen molar-refractivity contribution in [1.29, 1.82) is 0 Å². The molecule has 80 valence electrons. The van der Waals surface area contributed by atoms with Crippen molar-refractivity contribution < 1.29 is 4.79 Å². The summed E-state index contributed by atoms with van der Waals surface area (Å²) in [5.41, 5.74) is 0. The van der Waals surface area contributed by atoms with Gasteiger partial charge in [0.15, 0.2) is 0 Å². The molecule has 14 heavy (non-hydrogen) atoms. The minimum absolute atomic E-state index is 0.0862. The number of nitrogens with zero attached hydrogens (tertiary/aromatic N) is 1. The average molecular weight is 232 g/mol. The number of rotatable bonds is 1. The van der Waals surface area contributed by atoms with Crippen LogP contribution in [0.25, 0.3) is 0 Å². The van der Waals surface area contributed by atoms with E-state index < -0.39 is 0 Å². The molecule has 2 heterocycles. The van der Waals surface area contributed by atoms with E-state index in [-0.39, 0.29) is 6.04 Å². The second-order valence-corrected chi connectivity index (χ2v) is 5.82. The SMILES string of the molecule is O=C([C@H]1CSCN1)N1CCCSCC1. The van der Waals surface area contributed by atoms with Crippen molar-refractivity contribution in [2.45, 2.75) is 12.5 Å². The highest BCUT2D eigenvalue weighted by molar-refractivity contribution is 7.99. The van der Waals surface area contributed by atoms with Crippen LogP contribution >= 0.6 is 23.5 Å². The Bertz CT molecular complexity index is 199. The maximum absolute atomic E-state index is 12.0. The van der Waals surface area contributed by atoms with Gasteiger partial charge in [0.25, 0.3) is 0 Å². The van der Waals surface area contributed by atoms with E-state index >= 15 is 0 Å². The molecular formula is C9H16N2OS2. The van der Waals surface area contributed by atoms with Gasteiger partial charge in [0, 0.05) is 30.5 Å². The highest BCUT2D eigenvalue weighted by Crippen LogP contribution is 2.15. The van der Waals surface area contributed by atoms with Gasteiger partial charge in [0.1, 0.15) is 0 Å². The summed E-state index contributed by atoms with van der Waals surface area (Å²) in [4.78, 5) is 14.0. The molecule has 0 aliphatic carbocycles. The summed E-state index contributed by atoms with van der Waals surface area (Å²) in [7, 11) is 0. The Morgan fingerprint density at radius 2 is 2.21 bits per heavy atom. The summed E-state index contributed by atoms with van der Waals surface area (Å²) < 4.78 is 0. The van der Waals surface area contributed by atoms with Crippen LogP contribution in [-0.2, 0) is 4.79 Å². The number of nitrogens with one attached hydrogen (secondary N) is 1. The van der Waals surface area contributed by atoms with Crippen LogP contribution in [0.1, 0.15) is 6.42 Å². The summed E-state index contributed by atoms with van der Waals surface area (Å²) in [6.07, 6.45) is 1.15. The number of carbonyl (C=O) groups excluding carboxylic acids is 1. The monoisotopic (exact) mass is 232 g/mol. The molecule has 0 aromatic carbocycles. The molecule has 0 aromatic rings. The van der Waals surface area contributed by atoms with Crippen molar-refractivity contribution in [2.75, 3.05) is 36.2 Å². The zero-order valence-electron chi connectivity index (χ0n) is 8.20. The van der Waals surface area contributed by atoms with Gasteiger partial charge in [0.2, 0.25) is 5.91 Å². The summed E-state index contributed by atoms with van der Waals surface area (Å²) in [6.45, 7) is 1.89. The standard InChI is InChI=1S/C9H16N2OS2/c12-9(8-6-14-7-10-8)11-2-1-4-13-5-3-11/h8,10H,1-7H2/t8-/m1/s1. The minimum atomic E-state index is 0.0862. The fourth-order valence-electron chi connectivity index (χ4n) is 1.74. The van der Waals surface area contributed by atoms with Gasteiger partial charge in [-0.05, 0) is 12.2 Å². The second kappa shape index (κ2) is 5.28. The molecule has 1 N–H and O–H groups in total. The first-order chi connectivity index (χ1) is 6.88. The molecule has 1 atom stereocenters. The van der Waals surface area contributed by atoms with Crippen molar-refractivity contribution in [2.24, 2.45) is 0 Å². The van der Waals surface area contributed by atoms with Gasteiger partial charge >= 0.3 is 0 Å². The lowest BCUT2D eigenvalue weighted by atomic mass is 10.2. The van der Waals surface area contributed by atoms with Gasteiger partial charge in [-0.3, -0.25) is 10.1 Å². The molecule has 0 bridgehead atoms. The van der Waals surface area contributed by atoms with Crippen molar-refractivity contribution in [3.05, 3.63) is 0 Å². The predicted molar refractivity (Wildman–Crippen MR) is 62.8 cm³/mol. The molecule has 5 heteroatoms. The number of carbonyl (C=O) groups is 1. The molecule has 0 aromatic heterocycles. The summed E-state index contributed by atoms with van der Waals surface area (Å²) in [6, 6.07) is 0.0862.